The number of hydrazine groups is 1. The van der Waals surface area contributed by atoms with Crippen LogP contribution in [0, 0.1) is 12.7 Å². The first-order chi connectivity index (χ1) is 6.70. The van der Waals surface area contributed by atoms with E-state index < -0.39 is 0 Å². The number of rotatable bonds is 1. The minimum absolute atomic E-state index is 0. The zero-order valence-electron chi connectivity index (χ0n) is 8.12. The monoisotopic (exact) mass is 227 g/mol. The first kappa shape index (κ1) is 11.7. The van der Waals surface area contributed by atoms with E-state index in [1.165, 1.54) is 12.1 Å². The van der Waals surface area contributed by atoms with Gasteiger partial charge in [0.2, 0.25) is 0 Å². The molecule has 0 radical (unpaired) electrons. The van der Waals surface area contributed by atoms with Gasteiger partial charge in [0, 0.05) is 11.1 Å². The first-order valence-corrected chi connectivity index (χ1v) is 4.24. The largest absolute Gasteiger partial charge is 0.323 e. The van der Waals surface area contributed by atoms with Crippen LogP contribution in [0.1, 0.15) is 5.69 Å². The number of halogens is 2. The summed E-state index contributed by atoms with van der Waals surface area (Å²) in [5, 5.41) is 0.693. The van der Waals surface area contributed by atoms with E-state index in [1.54, 1.807) is 12.1 Å². The molecule has 2 aromatic rings. The summed E-state index contributed by atoms with van der Waals surface area (Å²) in [6.45, 7) is 1.86. The highest BCUT2D eigenvalue weighted by Gasteiger charge is 2.03. The Morgan fingerprint density at radius 3 is 2.73 bits per heavy atom. The summed E-state index contributed by atoms with van der Waals surface area (Å²) < 4.78 is 13.0. The predicted octanol–water partition coefficient (Wildman–Crippen LogP) is 2.39. The van der Waals surface area contributed by atoms with E-state index in [0.29, 0.717) is 11.1 Å². The van der Waals surface area contributed by atoms with Crippen LogP contribution in [0.2, 0.25) is 0 Å². The Labute approximate surface area is 92.9 Å². The number of nitrogens with zero attached hydrogens (tertiary/aromatic N) is 1. The molecule has 0 saturated carbocycles. The molecule has 0 spiro atoms. The molecule has 0 fully saturated rings. The zero-order chi connectivity index (χ0) is 10.1. The van der Waals surface area contributed by atoms with Crippen molar-refractivity contribution in [2.45, 2.75) is 6.92 Å². The molecular weight excluding hydrogens is 217 g/mol. The Kier molecular flexibility index (Phi) is 3.44. The highest BCUT2D eigenvalue weighted by Crippen LogP contribution is 2.22. The molecule has 0 aliphatic rings. The van der Waals surface area contributed by atoms with Gasteiger partial charge in [0.15, 0.2) is 0 Å². The van der Waals surface area contributed by atoms with Crippen LogP contribution < -0.4 is 11.3 Å². The van der Waals surface area contributed by atoms with Gasteiger partial charge >= 0.3 is 0 Å². The summed E-state index contributed by atoms with van der Waals surface area (Å²) in [4.78, 5) is 4.26. The molecule has 5 heteroatoms. The minimum atomic E-state index is -0.292. The van der Waals surface area contributed by atoms with Crippen LogP contribution in [-0.2, 0) is 0 Å². The van der Waals surface area contributed by atoms with Crippen molar-refractivity contribution in [1.82, 2.24) is 4.98 Å². The number of aromatic nitrogens is 1. The van der Waals surface area contributed by atoms with Crippen molar-refractivity contribution in [3.8, 4) is 0 Å². The lowest BCUT2D eigenvalue weighted by Gasteiger charge is -2.06. The molecule has 1 heterocycles. The predicted molar refractivity (Wildman–Crippen MR) is 61.5 cm³/mol. The van der Waals surface area contributed by atoms with E-state index in [1.807, 2.05) is 6.92 Å². The minimum Gasteiger partial charge on any atom is -0.323 e. The molecule has 0 saturated heterocycles. The fourth-order valence-electron chi connectivity index (χ4n) is 1.45. The lowest BCUT2D eigenvalue weighted by Crippen LogP contribution is -2.08. The number of fused-ring (bicyclic) bond motifs is 1. The van der Waals surface area contributed by atoms with Gasteiger partial charge in [-0.3, -0.25) is 10.8 Å². The molecule has 80 valence electrons. The van der Waals surface area contributed by atoms with Gasteiger partial charge in [-0.2, -0.15) is 0 Å². The summed E-state index contributed by atoms with van der Waals surface area (Å²) in [6.07, 6.45) is 0. The Morgan fingerprint density at radius 1 is 1.33 bits per heavy atom. The van der Waals surface area contributed by atoms with Gasteiger partial charge in [0.05, 0.1) is 11.2 Å². The summed E-state index contributed by atoms with van der Waals surface area (Å²) in [6, 6.07) is 6.21. The Bertz CT molecular complexity index is 487. The number of nitrogen functional groups attached to an aromatic ring is 1. The summed E-state index contributed by atoms with van der Waals surface area (Å²) in [5.74, 6) is 5.04. The molecule has 0 unspecified atom stereocenters. The number of anilines is 1. The highest BCUT2D eigenvalue weighted by atomic mass is 35.5. The molecule has 0 aliphatic carbocycles. The van der Waals surface area contributed by atoms with Crippen LogP contribution in [0.25, 0.3) is 10.9 Å². The van der Waals surface area contributed by atoms with E-state index in [4.69, 9.17) is 5.84 Å². The second-order valence-electron chi connectivity index (χ2n) is 3.12. The van der Waals surface area contributed by atoms with Crippen LogP contribution in [0.5, 0.6) is 0 Å². The van der Waals surface area contributed by atoms with Crippen molar-refractivity contribution in [3.05, 3.63) is 35.8 Å². The van der Waals surface area contributed by atoms with Gasteiger partial charge in [0.25, 0.3) is 0 Å². The summed E-state index contributed by atoms with van der Waals surface area (Å²) >= 11 is 0. The van der Waals surface area contributed by atoms with Crippen molar-refractivity contribution in [2.75, 3.05) is 5.43 Å². The molecular formula is C10H11ClFN3. The number of hydrogen-bond donors (Lipinski definition) is 2. The topological polar surface area (TPSA) is 50.9 Å². The number of nitrogens with two attached hydrogens (primary N) is 1. The lowest BCUT2D eigenvalue weighted by molar-refractivity contribution is 0.629. The fourth-order valence-corrected chi connectivity index (χ4v) is 1.45. The van der Waals surface area contributed by atoms with Crippen molar-refractivity contribution < 1.29 is 4.39 Å². The molecule has 1 aromatic carbocycles. The lowest BCUT2D eigenvalue weighted by atomic mass is 10.1. The van der Waals surface area contributed by atoms with Gasteiger partial charge in [-0.05, 0) is 31.2 Å². The van der Waals surface area contributed by atoms with E-state index in [0.717, 1.165) is 11.2 Å². The van der Waals surface area contributed by atoms with Gasteiger partial charge < -0.3 is 5.43 Å². The molecule has 2 rings (SSSR count). The highest BCUT2D eigenvalue weighted by molar-refractivity contribution is 5.91. The fraction of sp³-hybridized carbons (Fsp3) is 0.100. The third kappa shape index (κ3) is 2.16. The maximum Gasteiger partial charge on any atom is 0.124 e. The smallest absolute Gasteiger partial charge is 0.124 e. The third-order valence-corrected chi connectivity index (χ3v) is 2.05. The summed E-state index contributed by atoms with van der Waals surface area (Å²) in [5.41, 5.74) is 4.80. The van der Waals surface area contributed by atoms with E-state index in [2.05, 4.69) is 10.4 Å². The van der Waals surface area contributed by atoms with Crippen molar-refractivity contribution in [1.29, 1.82) is 0 Å². The van der Waals surface area contributed by atoms with Crippen LogP contribution in [0.15, 0.2) is 24.3 Å². The number of hydrogen-bond acceptors (Lipinski definition) is 3. The van der Waals surface area contributed by atoms with E-state index >= 15 is 0 Å². The molecule has 0 bridgehead atoms. The molecule has 0 atom stereocenters. The number of pyridine rings is 1. The van der Waals surface area contributed by atoms with Crippen LogP contribution in [0.4, 0.5) is 10.1 Å². The van der Waals surface area contributed by atoms with Crippen molar-refractivity contribution in [2.24, 2.45) is 5.84 Å². The van der Waals surface area contributed by atoms with Gasteiger partial charge in [-0.15, -0.1) is 12.4 Å². The normalized spacial score (nSPS) is 9.80. The van der Waals surface area contributed by atoms with Gasteiger partial charge in [-0.25, -0.2) is 4.39 Å². The Balaban J connectivity index is 0.00000112. The third-order valence-electron chi connectivity index (χ3n) is 2.05. The van der Waals surface area contributed by atoms with Crippen LogP contribution >= 0.6 is 12.4 Å². The molecule has 0 aliphatic heterocycles. The maximum atomic E-state index is 13.0. The Morgan fingerprint density at radius 2 is 2.07 bits per heavy atom. The molecule has 15 heavy (non-hydrogen) atoms. The van der Waals surface area contributed by atoms with E-state index in [9.17, 15) is 4.39 Å². The van der Waals surface area contributed by atoms with Crippen LogP contribution in [-0.4, -0.2) is 4.98 Å². The van der Waals surface area contributed by atoms with Gasteiger partial charge in [0.1, 0.15) is 5.82 Å². The Hall–Kier alpha value is -1.39. The maximum absolute atomic E-state index is 13.0. The quantitative estimate of drug-likeness (QED) is 0.581. The standard InChI is InChI=1S/C10H10FN3.ClH/c1-6-4-10(14-12)8-5-7(11)2-3-9(8)13-6;/h2-5H,12H2,1H3,(H,13,14);1H. The number of benzene rings is 1. The second kappa shape index (κ2) is 4.42. The van der Waals surface area contributed by atoms with Crippen molar-refractivity contribution >= 4 is 29.0 Å². The zero-order valence-corrected chi connectivity index (χ0v) is 8.94. The molecule has 1 aromatic heterocycles. The molecule has 3 N–H and O–H groups in total. The van der Waals surface area contributed by atoms with Crippen molar-refractivity contribution in [3.63, 3.8) is 0 Å². The van der Waals surface area contributed by atoms with Crippen LogP contribution in [0.3, 0.4) is 0 Å². The summed E-state index contributed by atoms with van der Waals surface area (Å²) in [7, 11) is 0. The number of nitrogens with one attached hydrogen (secondary N) is 1. The first-order valence-electron chi connectivity index (χ1n) is 4.24. The van der Waals surface area contributed by atoms with Gasteiger partial charge in [-0.1, -0.05) is 0 Å². The SMILES string of the molecule is Cc1cc(NN)c2cc(F)ccc2n1.Cl. The molecule has 3 nitrogen and oxygen atoms in total. The van der Waals surface area contributed by atoms with E-state index in [-0.39, 0.29) is 18.2 Å². The average Bonchev–Trinajstić information content (AvgIpc) is 2.17. The average molecular weight is 228 g/mol. The second-order valence-corrected chi connectivity index (χ2v) is 3.12. The number of aryl methyl sites for hydroxylation is 1. The molecule has 0 amide bonds.